The number of allylic oxidation sites excluding steroid dienone is 4. The summed E-state index contributed by atoms with van der Waals surface area (Å²) in [6.07, 6.45) is 14.9. The monoisotopic (exact) mass is 640 g/mol. The Kier molecular flexibility index (Phi) is 10.4. The third-order valence-electron chi connectivity index (χ3n) is 9.43. The molecule has 4 aliphatic rings. The predicted molar refractivity (Wildman–Crippen MR) is 179 cm³/mol. The van der Waals surface area contributed by atoms with Crippen LogP contribution in [-0.4, -0.2) is 78.1 Å². The lowest BCUT2D eigenvalue weighted by Gasteiger charge is -2.34. The second-order valence-corrected chi connectivity index (χ2v) is 12.9. The molecular formula is C37H41ClN4O4. The first-order chi connectivity index (χ1) is 22.4. The lowest BCUT2D eigenvalue weighted by atomic mass is 9.86. The summed E-state index contributed by atoms with van der Waals surface area (Å²) < 4.78 is 5.68. The van der Waals surface area contributed by atoms with Crippen molar-refractivity contribution >= 4 is 29.2 Å². The summed E-state index contributed by atoms with van der Waals surface area (Å²) in [6.45, 7) is 5.61. The van der Waals surface area contributed by atoms with Crippen molar-refractivity contribution in [3.63, 3.8) is 0 Å². The van der Waals surface area contributed by atoms with Crippen LogP contribution in [0.1, 0.15) is 64.3 Å². The summed E-state index contributed by atoms with van der Waals surface area (Å²) in [7, 11) is 0. The maximum absolute atomic E-state index is 13.5. The van der Waals surface area contributed by atoms with Crippen molar-refractivity contribution in [1.82, 2.24) is 20.0 Å². The van der Waals surface area contributed by atoms with Crippen LogP contribution in [0, 0.1) is 5.92 Å². The molecule has 0 aromatic heterocycles. The van der Waals surface area contributed by atoms with Crippen LogP contribution in [0.4, 0.5) is 0 Å². The van der Waals surface area contributed by atoms with E-state index in [0.29, 0.717) is 48.5 Å². The number of hydrogen-bond donors (Lipinski definition) is 1. The van der Waals surface area contributed by atoms with Crippen LogP contribution in [0.25, 0.3) is 0 Å². The zero-order chi connectivity index (χ0) is 31.9. The summed E-state index contributed by atoms with van der Waals surface area (Å²) in [5.41, 5.74) is 3.35. The van der Waals surface area contributed by atoms with Gasteiger partial charge in [-0.2, -0.15) is 0 Å². The Balaban J connectivity index is 0.974. The number of ketones is 1. The van der Waals surface area contributed by atoms with E-state index in [2.05, 4.69) is 15.1 Å². The van der Waals surface area contributed by atoms with Crippen LogP contribution in [0.3, 0.4) is 0 Å². The number of carbonyl (C=O) groups excluding carboxylic acids is 3. The minimum Gasteiger partial charge on any atom is -0.462 e. The molecule has 0 saturated carbocycles. The number of amides is 2. The second kappa shape index (κ2) is 15.0. The highest BCUT2D eigenvalue weighted by Crippen LogP contribution is 2.32. The number of ether oxygens (including phenoxy) is 1. The van der Waals surface area contributed by atoms with Crippen LogP contribution in [0.2, 0.25) is 5.02 Å². The van der Waals surface area contributed by atoms with Crippen molar-refractivity contribution in [3.8, 4) is 0 Å². The summed E-state index contributed by atoms with van der Waals surface area (Å²) in [5, 5.41) is 3.75. The van der Waals surface area contributed by atoms with Gasteiger partial charge in [-0.05, 0) is 86.5 Å². The fraction of sp³-hybridized carbons (Fsp3) is 0.378. The van der Waals surface area contributed by atoms with E-state index < -0.39 is 0 Å². The molecule has 2 aromatic rings. The van der Waals surface area contributed by atoms with Crippen molar-refractivity contribution in [1.29, 1.82) is 0 Å². The van der Waals surface area contributed by atoms with Gasteiger partial charge in [-0.25, -0.2) is 0 Å². The first-order valence-corrected chi connectivity index (χ1v) is 16.7. The fourth-order valence-electron chi connectivity index (χ4n) is 6.69. The van der Waals surface area contributed by atoms with Crippen LogP contribution < -0.4 is 5.32 Å². The number of piperidine rings is 2. The van der Waals surface area contributed by atoms with Gasteiger partial charge in [0.25, 0.3) is 11.8 Å². The number of hydrogen-bond acceptors (Lipinski definition) is 6. The van der Waals surface area contributed by atoms with Crippen molar-refractivity contribution in [2.45, 2.75) is 38.0 Å². The molecule has 2 fully saturated rings. The van der Waals surface area contributed by atoms with Crippen LogP contribution in [0.15, 0.2) is 96.8 Å². The SMILES string of the molecule is O=C1C=CC=C(C2=CN(CCN3CCC(c4ccc(Cl)cc4C(=O)NCC4CCN(C(=O)c5ccccc5)CC4)CC3)C=CO2)C1. The Morgan fingerprint density at radius 2 is 1.74 bits per heavy atom. The fourth-order valence-corrected chi connectivity index (χ4v) is 6.86. The first kappa shape index (κ1) is 31.8. The molecule has 8 nitrogen and oxygen atoms in total. The largest absolute Gasteiger partial charge is 0.462 e. The number of rotatable bonds is 9. The Bertz CT molecular complexity index is 1550. The number of likely N-dealkylation sites (tertiary alicyclic amines) is 2. The van der Waals surface area contributed by atoms with Crippen LogP contribution in [0.5, 0.6) is 0 Å². The normalized spacial score (nSPS) is 19.5. The predicted octanol–water partition coefficient (Wildman–Crippen LogP) is 5.90. The van der Waals surface area contributed by atoms with Gasteiger partial charge in [0.15, 0.2) is 5.78 Å². The molecule has 1 N–H and O–H groups in total. The maximum Gasteiger partial charge on any atom is 0.253 e. The quantitative estimate of drug-likeness (QED) is 0.368. The molecule has 6 rings (SSSR count). The lowest BCUT2D eigenvalue weighted by molar-refractivity contribution is -0.114. The zero-order valence-electron chi connectivity index (χ0n) is 26.1. The molecule has 1 aliphatic carbocycles. The number of nitrogens with zero attached hydrogens (tertiary/aromatic N) is 3. The Labute approximate surface area is 276 Å². The molecule has 3 heterocycles. The van der Waals surface area contributed by atoms with Gasteiger partial charge >= 0.3 is 0 Å². The minimum absolute atomic E-state index is 0.0744. The Morgan fingerprint density at radius 3 is 2.50 bits per heavy atom. The van der Waals surface area contributed by atoms with Gasteiger partial charge in [0, 0.05) is 73.3 Å². The molecule has 3 aliphatic heterocycles. The van der Waals surface area contributed by atoms with E-state index in [-0.39, 0.29) is 17.6 Å². The third-order valence-corrected chi connectivity index (χ3v) is 9.66. The molecule has 0 spiro atoms. The van der Waals surface area contributed by atoms with E-state index in [1.165, 1.54) is 0 Å². The molecule has 0 radical (unpaired) electrons. The van der Waals surface area contributed by atoms with Crippen molar-refractivity contribution in [3.05, 3.63) is 118 Å². The van der Waals surface area contributed by atoms with Crippen molar-refractivity contribution in [2.24, 2.45) is 5.92 Å². The van der Waals surface area contributed by atoms with E-state index in [4.69, 9.17) is 16.3 Å². The zero-order valence-corrected chi connectivity index (χ0v) is 26.8. The minimum atomic E-state index is -0.0744. The second-order valence-electron chi connectivity index (χ2n) is 12.5. The van der Waals surface area contributed by atoms with E-state index in [9.17, 15) is 14.4 Å². The van der Waals surface area contributed by atoms with Gasteiger partial charge in [0.05, 0.1) is 0 Å². The van der Waals surface area contributed by atoms with Crippen molar-refractivity contribution in [2.75, 3.05) is 45.8 Å². The average molecular weight is 641 g/mol. The molecule has 240 valence electrons. The number of halogens is 1. The molecule has 0 unspecified atom stereocenters. The van der Waals surface area contributed by atoms with Gasteiger partial charge in [0.1, 0.15) is 12.0 Å². The third kappa shape index (κ3) is 7.98. The standard InChI is InChI=1S/C37H41ClN4O4/c38-31-9-10-33(34(24-31)36(44)39-25-27-11-17-42(18-12-27)37(45)29-5-2-1-3-6-29)28-13-15-40(16-14-28)19-20-41-21-22-46-35(26-41)30-7-4-8-32(43)23-30/h1-10,21-22,24,26-28H,11-20,23,25H2,(H,39,44). The molecular weight excluding hydrogens is 600 g/mol. The van der Waals surface area contributed by atoms with E-state index in [0.717, 1.165) is 74.3 Å². The first-order valence-electron chi connectivity index (χ1n) is 16.3. The lowest BCUT2D eigenvalue weighted by Crippen LogP contribution is -2.41. The van der Waals surface area contributed by atoms with Gasteiger partial charge in [-0.3, -0.25) is 14.4 Å². The summed E-state index contributed by atoms with van der Waals surface area (Å²) in [4.78, 5) is 44.6. The van der Waals surface area contributed by atoms with Gasteiger partial charge in [0.2, 0.25) is 0 Å². The van der Waals surface area contributed by atoms with Gasteiger partial charge in [-0.15, -0.1) is 0 Å². The highest BCUT2D eigenvalue weighted by molar-refractivity contribution is 6.31. The molecule has 0 atom stereocenters. The molecule has 0 bridgehead atoms. The van der Waals surface area contributed by atoms with Gasteiger partial charge < -0.3 is 24.8 Å². The highest BCUT2D eigenvalue weighted by atomic mass is 35.5. The van der Waals surface area contributed by atoms with Crippen LogP contribution >= 0.6 is 11.6 Å². The number of benzene rings is 2. The average Bonchev–Trinajstić information content (AvgIpc) is 3.10. The smallest absolute Gasteiger partial charge is 0.253 e. The number of carbonyl (C=O) groups is 3. The molecule has 2 saturated heterocycles. The van der Waals surface area contributed by atoms with E-state index in [1.54, 1.807) is 24.5 Å². The highest BCUT2D eigenvalue weighted by Gasteiger charge is 2.27. The Morgan fingerprint density at radius 1 is 0.957 bits per heavy atom. The molecule has 46 heavy (non-hydrogen) atoms. The van der Waals surface area contributed by atoms with E-state index in [1.807, 2.05) is 65.8 Å². The summed E-state index contributed by atoms with van der Waals surface area (Å²) in [5.74, 6) is 1.43. The van der Waals surface area contributed by atoms with Crippen LogP contribution in [-0.2, 0) is 9.53 Å². The molecule has 9 heteroatoms. The summed E-state index contributed by atoms with van der Waals surface area (Å²) in [6, 6.07) is 15.1. The topological polar surface area (TPSA) is 82.2 Å². The maximum atomic E-state index is 13.5. The van der Waals surface area contributed by atoms with Crippen molar-refractivity contribution < 1.29 is 19.1 Å². The Hall–Kier alpha value is -4.14. The number of nitrogens with one attached hydrogen (secondary N) is 1. The molecule has 2 aromatic carbocycles. The van der Waals surface area contributed by atoms with Gasteiger partial charge in [-0.1, -0.05) is 48.0 Å². The van der Waals surface area contributed by atoms with E-state index >= 15 is 0 Å². The molecule has 2 amide bonds. The summed E-state index contributed by atoms with van der Waals surface area (Å²) >= 11 is 6.38.